The number of carbonyl (C=O) groups excluding carboxylic acids is 2. The zero-order chi connectivity index (χ0) is 12.1. The summed E-state index contributed by atoms with van der Waals surface area (Å²) in [7, 11) is 0. The Balaban J connectivity index is 2.01. The third-order valence-electron chi connectivity index (χ3n) is 3.14. The summed E-state index contributed by atoms with van der Waals surface area (Å²) in [6.45, 7) is 0. The van der Waals surface area contributed by atoms with Gasteiger partial charge in [-0.2, -0.15) is 0 Å². The van der Waals surface area contributed by atoms with Crippen LogP contribution >= 0.6 is 0 Å². The molecule has 0 saturated heterocycles. The molecule has 2 heteroatoms. The van der Waals surface area contributed by atoms with Crippen LogP contribution in [0.4, 0.5) is 0 Å². The van der Waals surface area contributed by atoms with Crippen LogP contribution < -0.4 is 0 Å². The van der Waals surface area contributed by atoms with E-state index >= 15 is 0 Å². The minimum atomic E-state index is -0.385. The van der Waals surface area contributed by atoms with Gasteiger partial charge >= 0.3 is 0 Å². The van der Waals surface area contributed by atoms with Crippen molar-refractivity contribution in [1.29, 1.82) is 0 Å². The van der Waals surface area contributed by atoms with E-state index in [0.29, 0.717) is 6.42 Å². The molecule has 1 atom stereocenters. The molecule has 0 aromatic heterocycles. The lowest BCUT2D eigenvalue weighted by Crippen LogP contribution is -2.25. The lowest BCUT2D eigenvalue weighted by atomic mass is 9.85. The Labute approximate surface area is 101 Å². The van der Waals surface area contributed by atoms with Crippen LogP contribution in [0.25, 0.3) is 6.08 Å². The molecule has 0 aliphatic heterocycles. The monoisotopic (exact) mass is 228 g/mol. The van der Waals surface area contributed by atoms with Gasteiger partial charge in [-0.05, 0) is 24.5 Å². The van der Waals surface area contributed by atoms with Gasteiger partial charge in [-0.1, -0.05) is 42.8 Å². The maximum absolute atomic E-state index is 11.9. The minimum absolute atomic E-state index is 0.0430. The van der Waals surface area contributed by atoms with E-state index in [9.17, 15) is 9.59 Å². The lowest BCUT2D eigenvalue weighted by Gasteiger charge is -2.17. The van der Waals surface area contributed by atoms with Crippen molar-refractivity contribution in [3.05, 3.63) is 42.0 Å². The Bertz CT molecular complexity index is 431. The Morgan fingerprint density at radius 1 is 1.18 bits per heavy atom. The molecule has 1 aromatic carbocycles. The number of benzene rings is 1. The Kier molecular flexibility index (Phi) is 3.86. The maximum atomic E-state index is 11.9. The summed E-state index contributed by atoms with van der Waals surface area (Å²) in [4.78, 5) is 23.5. The van der Waals surface area contributed by atoms with Gasteiger partial charge in [0.2, 0.25) is 0 Å². The van der Waals surface area contributed by atoms with E-state index in [1.807, 2.05) is 30.3 Å². The zero-order valence-corrected chi connectivity index (χ0v) is 9.76. The molecule has 0 bridgehead atoms. The van der Waals surface area contributed by atoms with Crippen LogP contribution in [0.3, 0.4) is 0 Å². The maximum Gasteiger partial charge on any atom is 0.166 e. The van der Waals surface area contributed by atoms with Gasteiger partial charge in [0.1, 0.15) is 5.78 Å². The van der Waals surface area contributed by atoms with Crippen molar-refractivity contribution in [3.8, 4) is 0 Å². The smallest absolute Gasteiger partial charge is 0.166 e. The molecule has 2 nitrogen and oxygen atoms in total. The summed E-state index contributed by atoms with van der Waals surface area (Å²) < 4.78 is 0. The summed E-state index contributed by atoms with van der Waals surface area (Å²) in [5.41, 5.74) is 0.990. The first-order valence-electron chi connectivity index (χ1n) is 6.07. The van der Waals surface area contributed by atoms with Crippen molar-refractivity contribution in [2.24, 2.45) is 5.92 Å². The first-order valence-corrected chi connectivity index (χ1v) is 6.07. The standard InChI is InChI=1S/C15H16O2/c16-14-9-5-4-8-13(14)15(17)11-10-12-6-2-1-3-7-12/h1-3,6-7,10-11,13H,4-5,8-9H2/b11-10+. The number of carbonyl (C=O) groups is 2. The van der Waals surface area contributed by atoms with Gasteiger partial charge in [-0.25, -0.2) is 0 Å². The minimum Gasteiger partial charge on any atom is -0.299 e. The van der Waals surface area contributed by atoms with Gasteiger partial charge < -0.3 is 0 Å². The van der Waals surface area contributed by atoms with Gasteiger partial charge in [0, 0.05) is 6.42 Å². The number of hydrogen-bond acceptors (Lipinski definition) is 2. The summed E-state index contributed by atoms with van der Waals surface area (Å²) >= 11 is 0. The summed E-state index contributed by atoms with van der Waals surface area (Å²) in [6, 6.07) is 9.66. The summed E-state index contributed by atoms with van der Waals surface area (Å²) in [6.07, 6.45) is 6.53. The Hall–Kier alpha value is -1.70. The molecule has 88 valence electrons. The molecular weight excluding hydrogens is 212 g/mol. The van der Waals surface area contributed by atoms with E-state index < -0.39 is 0 Å². The Morgan fingerprint density at radius 2 is 1.94 bits per heavy atom. The van der Waals surface area contributed by atoms with Gasteiger partial charge in [0.25, 0.3) is 0 Å². The van der Waals surface area contributed by atoms with Crippen LogP contribution in [0.5, 0.6) is 0 Å². The lowest BCUT2D eigenvalue weighted by molar-refractivity contribution is -0.131. The predicted molar refractivity (Wildman–Crippen MR) is 67.4 cm³/mol. The first-order chi connectivity index (χ1) is 8.27. The molecule has 1 fully saturated rings. The van der Waals surface area contributed by atoms with E-state index in [-0.39, 0.29) is 17.5 Å². The molecule has 1 aliphatic carbocycles. The SMILES string of the molecule is O=C(/C=C/c1ccccc1)C1CCCCC1=O. The van der Waals surface area contributed by atoms with E-state index in [1.165, 1.54) is 0 Å². The number of Topliss-reactive ketones (excluding diaryl/α,β-unsaturated/α-hetero) is 1. The Morgan fingerprint density at radius 3 is 2.65 bits per heavy atom. The predicted octanol–water partition coefficient (Wildman–Crippen LogP) is 3.03. The van der Waals surface area contributed by atoms with Crippen molar-refractivity contribution < 1.29 is 9.59 Å². The molecule has 0 N–H and O–H groups in total. The molecule has 0 amide bonds. The van der Waals surface area contributed by atoms with Crippen LogP contribution in [0.15, 0.2) is 36.4 Å². The highest BCUT2D eigenvalue weighted by Crippen LogP contribution is 2.22. The van der Waals surface area contributed by atoms with E-state index in [0.717, 1.165) is 24.8 Å². The topological polar surface area (TPSA) is 34.1 Å². The molecule has 17 heavy (non-hydrogen) atoms. The van der Waals surface area contributed by atoms with E-state index in [4.69, 9.17) is 0 Å². The van der Waals surface area contributed by atoms with Crippen molar-refractivity contribution in [2.45, 2.75) is 25.7 Å². The van der Waals surface area contributed by atoms with Crippen molar-refractivity contribution in [1.82, 2.24) is 0 Å². The van der Waals surface area contributed by atoms with Crippen molar-refractivity contribution >= 4 is 17.6 Å². The van der Waals surface area contributed by atoms with Gasteiger partial charge in [0.05, 0.1) is 5.92 Å². The molecule has 0 radical (unpaired) electrons. The second-order valence-electron chi connectivity index (χ2n) is 4.41. The van der Waals surface area contributed by atoms with Gasteiger partial charge in [-0.3, -0.25) is 9.59 Å². The largest absolute Gasteiger partial charge is 0.299 e. The molecule has 1 aromatic rings. The van der Waals surface area contributed by atoms with Gasteiger partial charge in [-0.15, -0.1) is 0 Å². The second-order valence-corrected chi connectivity index (χ2v) is 4.41. The fraction of sp³-hybridized carbons (Fsp3) is 0.333. The first kappa shape index (κ1) is 11.8. The number of ketones is 2. The van der Waals surface area contributed by atoms with Gasteiger partial charge in [0.15, 0.2) is 5.78 Å². The number of hydrogen-bond donors (Lipinski definition) is 0. The van der Waals surface area contributed by atoms with Crippen LogP contribution in [-0.2, 0) is 9.59 Å². The average molecular weight is 228 g/mol. The highest BCUT2D eigenvalue weighted by atomic mass is 16.1. The molecule has 0 spiro atoms. The van der Waals surface area contributed by atoms with Crippen molar-refractivity contribution in [3.63, 3.8) is 0 Å². The second kappa shape index (κ2) is 5.58. The molecule has 1 saturated carbocycles. The molecule has 0 heterocycles. The highest BCUT2D eigenvalue weighted by molar-refractivity contribution is 6.09. The quantitative estimate of drug-likeness (QED) is 0.588. The average Bonchev–Trinajstić information content (AvgIpc) is 2.38. The number of rotatable bonds is 3. The number of allylic oxidation sites excluding steroid dienone is 1. The van der Waals surface area contributed by atoms with Crippen LogP contribution in [-0.4, -0.2) is 11.6 Å². The fourth-order valence-electron chi connectivity index (χ4n) is 2.14. The molecular formula is C15H16O2. The van der Waals surface area contributed by atoms with E-state index in [1.54, 1.807) is 12.2 Å². The highest BCUT2D eigenvalue weighted by Gasteiger charge is 2.26. The van der Waals surface area contributed by atoms with Crippen LogP contribution in [0, 0.1) is 5.92 Å². The normalized spacial score (nSPS) is 20.7. The summed E-state index contributed by atoms with van der Waals surface area (Å²) in [5, 5.41) is 0. The molecule has 1 unspecified atom stereocenters. The van der Waals surface area contributed by atoms with Crippen LogP contribution in [0.2, 0.25) is 0 Å². The zero-order valence-electron chi connectivity index (χ0n) is 9.76. The third kappa shape index (κ3) is 3.13. The van der Waals surface area contributed by atoms with Crippen LogP contribution in [0.1, 0.15) is 31.2 Å². The third-order valence-corrected chi connectivity index (χ3v) is 3.14. The fourth-order valence-corrected chi connectivity index (χ4v) is 2.14. The molecule has 2 rings (SSSR count). The molecule has 1 aliphatic rings. The van der Waals surface area contributed by atoms with E-state index in [2.05, 4.69) is 0 Å². The van der Waals surface area contributed by atoms with Crippen molar-refractivity contribution in [2.75, 3.05) is 0 Å². The summed E-state index contributed by atoms with van der Waals surface area (Å²) in [5.74, 6) is -0.318.